The molecule has 0 spiro atoms. The minimum absolute atomic E-state index is 0.0545. The molecule has 37 heavy (non-hydrogen) atoms. The summed E-state index contributed by atoms with van der Waals surface area (Å²) in [5, 5.41) is 20.8. The van der Waals surface area contributed by atoms with Gasteiger partial charge >= 0.3 is 0 Å². The Morgan fingerprint density at radius 2 is 1.76 bits per heavy atom. The third-order valence-electron chi connectivity index (χ3n) is 6.49. The molecule has 0 saturated carbocycles. The third-order valence-corrected chi connectivity index (χ3v) is 6.49. The van der Waals surface area contributed by atoms with E-state index in [-0.39, 0.29) is 24.7 Å². The largest absolute Gasteiger partial charge is 0.484 e. The van der Waals surface area contributed by atoms with Crippen molar-refractivity contribution in [2.75, 3.05) is 6.61 Å². The summed E-state index contributed by atoms with van der Waals surface area (Å²) in [7, 11) is 0. The van der Waals surface area contributed by atoms with Crippen LogP contribution in [0.4, 0.5) is 5.69 Å². The lowest BCUT2D eigenvalue weighted by Gasteiger charge is -2.29. The number of carbonyl (C=O) groups excluding carboxylic acids is 1. The van der Waals surface area contributed by atoms with E-state index in [0.29, 0.717) is 41.0 Å². The SMILES string of the molecule is CCc1ccc(C(=O)COc2c(CO)ccc3c2C=CC(C)(C)O3)c(CCc2ccc([N+](=O)[O-])cc2)c1. The Labute approximate surface area is 216 Å². The first-order chi connectivity index (χ1) is 17.7. The zero-order chi connectivity index (χ0) is 26.6. The van der Waals surface area contributed by atoms with Crippen molar-refractivity contribution in [1.29, 1.82) is 0 Å². The van der Waals surface area contributed by atoms with Crippen molar-refractivity contribution < 1.29 is 24.3 Å². The van der Waals surface area contributed by atoms with Gasteiger partial charge in [0.15, 0.2) is 12.4 Å². The number of rotatable bonds is 10. The van der Waals surface area contributed by atoms with Crippen molar-refractivity contribution in [3.8, 4) is 11.5 Å². The number of hydrogen-bond donors (Lipinski definition) is 1. The van der Waals surface area contributed by atoms with Gasteiger partial charge in [0, 0.05) is 23.3 Å². The lowest BCUT2D eigenvalue weighted by Crippen LogP contribution is -2.27. The van der Waals surface area contributed by atoms with E-state index in [0.717, 1.165) is 23.1 Å². The van der Waals surface area contributed by atoms with Crippen LogP contribution in [-0.4, -0.2) is 28.0 Å². The summed E-state index contributed by atoms with van der Waals surface area (Å²) >= 11 is 0. The van der Waals surface area contributed by atoms with Crippen molar-refractivity contribution in [2.24, 2.45) is 0 Å². The molecular weight excluding hydrogens is 470 g/mol. The lowest BCUT2D eigenvalue weighted by molar-refractivity contribution is -0.384. The Morgan fingerprint density at radius 3 is 2.43 bits per heavy atom. The number of nitro benzene ring substituents is 1. The first kappa shape index (κ1) is 26.1. The molecule has 0 radical (unpaired) electrons. The first-order valence-electron chi connectivity index (χ1n) is 12.4. The van der Waals surface area contributed by atoms with E-state index >= 15 is 0 Å². The number of carbonyl (C=O) groups is 1. The highest BCUT2D eigenvalue weighted by Gasteiger charge is 2.25. The smallest absolute Gasteiger partial charge is 0.269 e. The zero-order valence-corrected chi connectivity index (χ0v) is 21.3. The van der Waals surface area contributed by atoms with Gasteiger partial charge in [-0.25, -0.2) is 0 Å². The van der Waals surface area contributed by atoms with E-state index < -0.39 is 10.5 Å². The number of fused-ring (bicyclic) bond motifs is 1. The van der Waals surface area contributed by atoms with E-state index in [1.807, 2.05) is 44.2 Å². The maximum Gasteiger partial charge on any atom is 0.269 e. The molecule has 1 heterocycles. The van der Waals surface area contributed by atoms with E-state index in [1.165, 1.54) is 12.1 Å². The van der Waals surface area contributed by atoms with Crippen molar-refractivity contribution in [1.82, 2.24) is 0 Å². The molecule has 0 aliphatic carbocycles. The number of nitro groups is 1. The Hall–Kier alpha value is -3.97. The third kappa shape index (κ3) is 6.06. The molecule has 1 N–H and O–H groups in total. The Morgan fingerprint density at radius 1 is 1.03 bits per heavy atom. The molecule has 3 aromatic carbocycles. The number of benzene rings is 3. The molecule has 1 aliphatic heterocycles. The topological polar surface area (TPSA) is 98.9 Å². The summed E-state index contributed by atoms with van der Waals surface area (Å²) in [5.74, 6) is 0.921. The maximum absolute atomic E-state index is 13.3. The van der Waals surface area contributed by atoms with Gasteiger partial charge in [0.25, 0.3) is 5.69 Å². The normalized spacial score (nSPS) is 13.5. The molecule has 3 aromatic rings. The number of nitrogens with zero attached hydrogens (tertiary/aromatic N) is 1. The van der Waals surface area contributed by atoms with Crippen molar-refractivity contribution in [3.63, 3.8) is 0 Å². The van der Waals surface area contributed by atoms with Crippen LogP contribution in [0.2, 0.25) is 0 Å². The maximum atomic E-state index is 13.3. The van der Waals surface area contributed by atoms with E-state index in [1.54, 1.807) is 24.3 Å². The molecule has 0 bridgehead atoms. The Kier molecular flexibility index (Phi) is 7.74. The van der Waals surface area contributed by atoms with Crippen LogP contribution in [0.15, 0.2) is 60.7 Å². The van der Waals surface area contributed by atoms with Crippen LogP contribution in [-0.2, 0) is 25.9 Å². The monoisotopic (exact) mass is 501 g/mol. The average Bonchev–Trinajstić information content (AvgIpc) is 2.89. The van der Waals surface area contributed by atoms with Crippen LogP contribution in [0.25, 0.3) is 6.08 Å². The second kappa shape index (κ2) is 11.0. The molecular formula is C30H31NO6. The molecule has 7 heteroatoms. The highest BCUT2D eigenvalue weighted by molar-refractivity contribution is 5.98. The van der Waals surface area contributed by atoms with E-state index in [2.05, 4.69) is 6.92 Å². The summed E-state index contributed by atoms with van der Waals surface area (Å²) in [5.41, 5.74) is 4.47. The van der Waals surface area contributed by atoms with E-state index in [9.17, 15) is 20.0 Å². The summed E-state index contributed by atoms with van der Waals surface area (Å²) in [6.45, 7) is 5.56. The second-order valence-corrected chi connectivity index (χ2v) is 9.64. The minimum Gasteiger partial charge on any atom is -0.484 e. The summed E-state index contributed by atoms with van der Waals surface area (Å²) in [4.78, 5) is 23.8. The summed E-state index contributed by atoms with van der Waals surface area (Å²) < 4.78 is 12.0. The van der Waals surface area contributed by atoms with Gasteiger partial charge in [0.1, 0.15) is 17.1 Å². The van der Waals surface area contributed by atoms with Crippen LogP contribution in [0.5, 0.6) is 11.5 Å². The van der Waals surface area contributed by atoms with Crippen LogP contribution in [0.1, 0.15) is 58.9 Å². The number of ketones is 1. The number of aliphatic hydroxyl groups is 1. The number of aryl methyl sites for hydroxylation is 3. The van der Waals surface area contributed by atoms with Gasteiger partial charge in [-0.2, -0.15) is 0 Å². The van der Waals surface area contributed by atoms with Crippen molar-refractivity contribution in [2.45, 2.75) is 52.2 Å². The van der Waals surface area contributed by atoms with Gasteiger partial charge < -0.3 is 14.6 Å². The van der Waals surface area contributed by atoms with Crippen LogP contribution >= 0.6 is 0 Å². The summed E-state index contributed by atoms with van der Waals surface area (Å²) in [6.07, 6.45) is 5.93. The molecule has 7 nitrogen and oxygen atoms in total. The molecule has 0 amide bonds. The van der Waals surface area contributed by atoms with Crippen molar-refractivity contribution in [3.05, 3.63) is 104 Å². The average molecular weight is 502 g/mol. The Bertz CT molecular complexity index is 1340. The molecule has 0 fully saturated rings. The van der Waals surface area contributed by atoms with Gasteiger partial charge in [0.05, 0.1) is 17.1 Å². The number of hydrogen-bond acceptors (Lipinski definition) is 6. The molecule has 192 valence electrons. The standard InChI is InChI=1S/C30H31NO6/c1-4-20-8-13-25(22(17-20)9-5-21-6-11-24(12-7-21)31(34)35)27(33)19-36-29-23(18-32)10-14-28-26(29)15-16-30(2,3)37-28/h6-8,10-17,32H,4-5,9,18-19H2,1-3H3. The Balaban J connectivity index is 1.54. The fourth-order valence-corrected chi connectivity index (χ4v) is 4.39. The van der Waals surface area contributed by atoms with E-state index in [4.69, 9.17) is 9.47 Å². The van der Waals surface area contributed by atoms with Crippen LogP contribution in [0.3, 0.4) is 0 Å². The number of non-ortho nitro benzene ring substituents is 1. The fraction of sp³-hybridized carbons (Fsp3) is 0.300. The highest BCUT2D eigenvalue weighted by Crippen LogP contribution is 2.39. The van der Waals surface area contributed by atoms with Gasteiger partial charge in [-0.05, 0) is 74.1 Å². The van der Waals surface area contributed by atoms with Gasteiger partial charge in [-0.15, -0.1) is 0 Å². The quantitative estimate of drug-likeness (QED) is 0.212. The minimum atomic E-state index is -0.458. The first-order valence-corrected chi connectivity index (χ1v) is 12.4. The molecule has 0 unspecified atom stereocenters. The summed E-state index contributed by atoms with van der Waals surface area (Å²) in [6, 6.07) is 15.9. The van der Waals surface area contributed by atoms with Crippen LogP contribution < -0.4 is 9.47 Å². The predicted octanol–water partition coefficient (Wildman–Crippen LogP) is 5.88. The van der Waals surface area contributed by atoms with Gasteiger partial charge in [-0.3, -0.25) is 14.9 Å². The molecule has 4 rings (SSSR count). The lowest BCUT2D eigenvalue weighted by atomic mass is 9.94. The van der Waals surface area contributed by atoms with Crippen LogP contribution in [0, 0.1) is 10.1 Å². The zero-order valence-electron chi connectivity index (χ0n) is 21.3. The fourth-order valence-electron chi connectivity index (χ4n) is 4.39. The molecule has 0 saturated heterocycles. The second-order valence-electron chi connectivity index (χ2n) is 9.64. The molecule has 0 aromatic heterocycles. The van der Waals surface area contributed by atoms with Gasteiger partial charge in [-0.1, -0.05) is 37.3 Å². The number of aliphatic hydroxyl groups excluding tert-OH is 1. The number of Topliss-reactive ketones (excluding diaryl/α,β-unsaturated/α-hetero) is 1. The predicted molar refractivity (Wildman–Crippen MR) is 142 cm³/mol. The number of ether oxygens (including phenoxy) is 2. The highest BCUT2D eigenvalue weighted by atomic mass is 16.6. The molecule has 1 aliphatic rings. The molecule has 0 atom stereocenters. The van der Waals surface area contributed by atoms with Crippen molar-refractivity contribution >= 4 is 17.5 Å². The van der Waals surface area contributed by atoms with Gasteiger partial charge in [0.2, 0.25) is 0 Å².